The molecule has 126 valence electrons. The molecule has 0 atom stereocenters. The second kappa shape index (κ2) is 5.30. The fourth-order valence-electron chi connectivity index (χ4n) is 2.28. The molecule has 3 aromatic heterocycles. The first-order valence-corrected chi connectivity index (χ1v) is 7.03. The molecule has 10 heteroatoms. The Bertz CT molecular complexity index is 1060. The van der Waals surface area contributed by atoms with E-state index in [9.17, 15) is 13.2 Å². The number of nitrogens with zero attached hydrogens (tertiary/aromatic N) is 5. The van der Waals surface area contributed by atoms with E-state index in [2.05, 4.69) is 20.1 Å². The number of benzene rings is 1. The predicted molar refractivity (Wildman–Crippen MR) is 81.1 cm³/mol. The number of nitrogen functional groups attached to an aromatic ring is 1. The molecule has 3 heterocycles. The Morgan fingerprint density at radius 2 is 1.80 bits per heavy atom. The van der Waals surface area contributed by atoms with Crippen LogP contribution in [0.4, 0.5) is 19.1 Å². The summed E-state index contributed by atoms with van der Waals surface area (Å²) in [5.74, 6) is 0.723. The smallest absolute Gasteiger partial charge is 0.416 e. The molecule has 0 aliphatic carbocycles. The van der Waals surface area contributed by atoms with Crippen LogP contribution in [0, 0.1) is 0 Å². The number of fused-ring (bicyclic) bond motifs is 1. The van der Waals surface area contributed by atoms with Crippen molar-refractivity contribution in [3.05, 3.63) is 48.2 Å². The van der Waals surface area contributed by atoms with Crippen LogP contribution in [0.25, 0.3) is 28.8 Å². The Hall–Kier alpha value is -3.43. The molecule has 0 saturated carbocycles. The highest BCUT2D eigenvalue weighted by Gasteiger charge is 2.30. The van der Waals surface area contributed by atoms with Gasteiger partial charge in [-0.25, -0.2) is 0 Å². The van der Waals surface area contributed by atoms with E-state index in [4.69, 9.17) is 10.2 Å². The zero-order valence-electron chi connectivity index (χ0n) is 12.4. The number of rotatable bonds is 2. The number of nitrogens with two attached hydrogens (primary N) is 1. The monoisotopic (exact) mass is 346 g/mol. The number of furan rings is 1. The summed E-state index contributed by atoms with van der Waals surface area (Å²) < 4.78 is 45.0. The number of halogens is 3. The number of anilines is 1. The third kappa shape index (κ3) is 2.67. The predicted octanol–water partition coefficient (Wildman–Crippen LogP) is 3.05. The van der Waals surface area contributed by atoms with Crippen LogP contribution in [0.1, 0.15) is 5.56 Å². The second-order valence-electron chi connectivity index (χ2n) is 5.11. The van der Waals surface area contributed by atoms with Gasteiger partial charge in [0.25, 0.3) is 5.78 Å². The van der Waals surface area contributed by atoms with Gasteiger partial charge in [-0.05, 0) is 24.3 Å². The van der Waals surface area contributed by atoms with Crippen LogP contribution in [0.2, 0.25) is 0 Å². The lowest BCUT2D eigenvalue weighted by Gasteiger charge is -2.08. The quantitative estimate of drug-likeness (QED) is 0.599. The Morgan fingerprint density at radius 3 is 2.52 bits per heavy atom. The fourth-order valence-corrected chi connectivity index (χ4v) is 2.28. The van der Waals surface area contributed by atoms with Crippen molar-refractivity contribution in [2.75, 3.05) is 5.73 Å². The van der Waals surface area contributed by atoms with Crippen LogP contribution in [-0.2, 0) is 6.18 Å². The standard InChI is InChI=1S/C15H9F3N6O/c16-15(17,18)9-4-1-3-8(7-9)11-20-13(19)24-14(21-11)22-12(23-24)10-5-2-6-25-10/h1-7H,(H2,19,20,21,22,23). The van der Waals surface area contributed by atoms with E-state index in [1.54, 1.807) is 12.1 Å². The van der Waals surface area contributed by atoms with Crippen LogP contribution in [-0.4, -0.2) is 24.6 Å². The van der Waals surface area contributed by atoms with Crippen molar-refractivity contribution in [3.8, 4) is 23.0 Å². The number of hydrogen-bond acceptors (Lipinski definition) is 6. The Labute approximate surface area is 138 Å². The van der Waals surface area contributed by atoms with Crippen molar-refractivity contribution in [1.82, 2.24) is 24.6 Å². The number of aromatic nitrogens is 5. The molecule has 0 bridgehead atoms. The lowest BCUT2D eigenvalue weighted by Crippen LogP contribution is -2.07. The fraction of sp³-hybridized carbons (Fsp3) is 0.0667. The summed E-state index contributed by atoms with van der Waals surface area (Å²) in [6, 6.07) is 7.99. The highest BCUT2D eigenvalue weighted by atomic mass is 19.4. The zero-order valence-corrected chi connectivity index (χ0v) is 12.4. The SMILES string of the molecule is Nc1nc(-c2cccc(C(F)(F)F)c2)nc2nc(-c3ccco3)nn12. The van der Waals surface area contributed by atoms with E-state index in [-0.39, 0.29) is 28.9 Å². The van der Waals surface area contributed by atoms with Crippen LogP contribution in [0.3, 0.4) is 0 Å². The first-order valence-electron chi connectivity index (χ1n) is 7.03. The normalized spacial score (nSPS) is 12.0. The average molecular weight is 346 g/mol. The summed E-state index contributed by atoms with van der Waals surface area (Å²) >= 11 is 0. The lowest BCUT2D eigenvalue weighted by molar-refractivity contribution is -0.137. The minimum Gasteiger partial charge on any atom is -0.461 e. The van der Waals surface area contributed by atoms with E-state index in [0.29, 0.717) is 5.76 Å². The van der Waals surface area contributed by atoms with Gasteiger partial charge in [-0.1, -0.05) is 12.1 Å². The highest BCUT2D eigenvalue weighted by molar-refractivity contribution is 5.61. The topological polar surface area (TPSA) is 95.1 Å². The summed E-state index contributed by atoms with van der Waals surface area (Å²) in [6.45, 7) is 0. The molecule has 7 nitrogen and oxygen atoms in total. The van der Waals surface area contributed by atoms with Crippen LogP contribution in [0.15, 0.2) is 47.1 Å². The first-order chi connectivity index (χ1) is 11.9. The minimum atomic E-state index is -4.47. The van der Waals surface area contributed by atoms with E-state index >= 15 is 0 Å². The Morgan fingerprint density at radius 1 is 1.00 bits per heavy atom. The molecule has 4 aromatic rings. The molecule has 0 radical (unpaired) electrons. The van der Waals surface area contributed by atoms with Gasteiger partial charge in [0.05, 0.1) is 11.8 Å². The highest BCUT2D eigenvalue weighted by Crippen LogP contribution is 2.31. The Kier molecular flexibility index (Phi) is 3.20. The van der Waals surface area contributed by atoms with E-state index in [0.717, 1.165) is 12.1 Å². The molecule has 0 unspecified atom stereocenters. The second-order valence-corrected chi connectivity index (χ2v) is 5.11. The summed E-state index contributed by atoms with van der Waals surface area (Å²) in [6.07, 6.45) is -3.00. The molecule has 2 N–H and O–H groups in total. The third-order valence-electron chi connectivity index (χ3n) is 3.42. The molecule has 0 aliphatic rings. The summed E-state index contributed by atoms with van der Waals surface area (Å²) in [5.41, 5.74) is 5.21. The van der Waals surface area contributed by atoms with Gasteiger partial charge in [-0.3, -0.25) is 0 Å². The molecule has 0 aliphatic heterocycles. The molecule has 4 rings (SSSR count). The summed E-state index contributed by atoms with van der Waals surface area (Å²) in [5, 5.41) is 4.13. The van der Waals surface area contributed by atoms with E-state index in [1.807, 2.05) is 0 Å². The van der Waals surface area contributed by atoms with Gasteiger partial charge in [0.1, 0.15) is 0 Å². The van der Waals surface area contributed by atoms with Gasteiger partial charge in [0.2, 0.25) is 11.8 Å². The Balaban J connectivity index is 1.84. The first kappa shape index (κ1) is 15.1. The van der Waals surface area contributed by atoms with Crippen molar-refractivity contribution in [1.29, 1.82) is 0 Å². The van der Waals surface area contributed by atoms with Gasteiger partial charge in [-0.2, -0.15) is 32.6 Å². The van der Waals surface area contributed by atoms with Gasteiger partial charge >= 0.3 is 6.18 Å². The maximum atomic E-state index is 12.9. The van der Waals surface area contributed by atoms with E-state index in [1.165, 1.54) is 22.9 Å². The molecule has 0 spiro atoms. The summed E-state index contributed by atoms with van der Waals surface area (Å²) in [4.78, 5) is 12.3. The molecule has 0 amide bonds. The van der Waals surface area contributed by atoms with Crippen LogP contribution >= 0.6 is 0 Å². The molecule has 0 fully saturated rings. The molecule has 1 aromatic carbocycles. The molecule has 25 heavy (non-hydrogen) atoms. The number of hydrogen-bond donors (Lipinski definition) is 1. The average Bonchev–Trinajstić information content (AvgIpc) is 3.23. The van der Waals surface area contributed by atoms with E-state index < -0.39 is 11.7 Å². The van der Waals surface area contributed by atoms with Crippen molar-refractivity contribution in [2.45, 2.75) is 6.18 Å². The van der Waals surface area contributed by atoms with Crippen molar-refractivity contribution in [2.24, 2.45) is 0 Å². The third-order valence-corrected chi connectivity index (χ3v) is 3.42. The zero-order chi connectivity index (χ0) is 17.6. The minimum absolute atomic E-state index is 0.0227. The van der Waals surface area contributed by atoms with Crippen molar-refractivity contribution >= 4 is 11.7 Å². The van der Waals surface area contributed by atoms with Gasteiger partial charge in [0.15, 0.2) is 11.6 Å². The van der Waals surface area contributed by atoms with Crippen LogP contribution in [0.5, 0.6) is 0 Å². The maximum absolute atomic E-state index is 12.9. The van der Waals surface area contributed by atoms with Gasteiger partial charge in [-0.15, -0.1) is 5.10 Å². The maximum Gasteiger partial charge on any atom is 0.416 e. The van der Waals surface area contributed by atoms with Crippen molar-refractivity contribution in [3.63, 3.8) is 0 Å². The van der Waals surface area contributed by atoms with Gasteiger partial charge in [0, 0.05) is 5.56 Å². The summed E-state index contributed by atoms with van der Waals surface area (Å²) in [7, 11) is 0. The molecular weight excluding hydrogens is 337 g/mol. The number of alkyl halides is 3. The lowest BCUT2D eigenvalue weighted by atomic mass is 10.1. The largest absolute Gasteiger partial charge is 0.461 e. The van der Waals surface area contributed by atoms with Crippen LogP contribution < -0.4 is 5.73 Å². The molecule has 0 saturated heterocycles. The molecular formula is C15H9F3N6O. The van der Waals surface area contributed by atoms with Gasteiger partial charge < -0.3 is 10.2 Å². The van der Waals surface area contributed by atoms with Crippen molar-refractivity contribution < 1.29 is 17.6 Å².